The van der Waals surface area contributed by atoms with E-state index in [4.69, 9.17) is 9.47 Å². The maximum Gasteiger partial charge on any atom is 0.407 e. The van der Waals surface area contributed by atoms with Gasteiger partial charge >= 0.3 is 6.09 Å². The molecule has 4 heteroatoms. The molecule has 1 N–H and O–H groups in total. The van der Waals surface area contributed by atoms with Crippen molar-refractivity contribution in [1.29, 1.82) is 0 Å². The van der Waals surface area contributed by atoms with E-state index in [0.29, 0.717) is 13.2 Å². The van der Waals surface area contributed by atoms with Gasteiger partial charge in [0.2, 0.25) is 0 Å². The van der Waals surface area contributed by atoms with Crippen LogP contribution in [0, 0.1) is 0 Å². The van der Waals surface area contributed by atoms with E-state index in [0.717, 1.165) is 11.3 Å². The fraction of sp³-hybridized carbons (Fsp3) is 0.500. The highest BCUT2D eigenvalue weighted by atomic mass is 16.5. The van der Waals surface area contributed by atoms with Crippen LogP contribution in [0.4, 0.5) is 4.79 Å². The molecule has 0 unspecified atom stereocenters. The Kier molecular flexibility index (Phi) is 5.01. The number of para-hydroxylation sites is 1. The van der Waals surface area contributed by atoms with Gasteiger partial charge in [-0.3, -0.25) is 0 Å². The minimum absolute atomic E-state index is 0.264. The first-order valence-corrected chi connectivity index (χ1v) is 6.10. The Labute approximate surface area is 108 Å². The molecule has 0 aliphatic heterocycles. The van der Waals surface area contributed by atoms with Gasteiger partial charge in [-0.15, -0.1) is 0 Å². The second-order valence-corrected chi connectivity index (χ2v) is 4.90. The smallest absolute Gasteiger partial charge is 0.407 e. The molecule has 1 amide bonds. The average Bonchev–Trinajstić information content (AvgIpc) is 2.26. The fourth-order valence-corrected chi connectivity index (χ4v) is 1.43. The van der Waals surface area contributed by atoms with E-state index in [9.17, 15) is 4.79 Å². The van der Waals surface area contributed by atoms with Gasteiger partial charge in [-0.2, -0.15) is 0 Å². The van der Waals surface area contributed by atoms with E-state index in [2.05, 4.69) is 5.32 Å². The molecule has 0 saturated carbocycles. The van der Waals surface area contributed by atoms with Crippen molar-refractivity contribution in [2.24, 2.45) is 0 Å². The average molecular weight is 251 g/mol. The molecule has 0 heterocycles. The number of benzene rings is 1. The van der Waals surface area contributed by atoms with Crippen LogP contribution in [0.1, 0.15) is 33.3 Å². The molecule has 1 aromatic rings. The summed E-state index contributed by atoms with van der Waals surface area (Å²) in [4.78, 5) is 11.2. The minimum atomic E-state index is -0.414. The van der Waals surface area contributed by atoms with Crippen LogP contribution in [0.25, 0.3) is 0 Å². The number of amides is 1. The van der Waals surface area contributed by atoms with Crippen LogP contribution in [0.5, 0.6) is 5.75 Å². The third-order valence-electron chi connectivity index (χ3n) is 2.09. The highest BCUT2D eigenvalue weighted by Crippen LogP contribution is 2.22. The van der Waals surface area contributed by atoms with Gasteiger partial charge in [-0.25, -0.2) is 4.79 Å². The van der Waals surface area contributed by atoms with Crippen molar-refractivity contribution in [3.63, 3.8) is 0 Å². The molecule has 1 rings (SSSR count). The highest BCUT2D eigenvalue weighted by Gasteiger charge is 2.14. The number of rotatable bonds is 4. The zero-order valence-electron chi connectivity index (χ0n) is 11.4. The van der Waals surface area contributed by atoms with Crippen LogP contribution in [0.3, 0.4) is 0 Å². The van der Waals surface area contributed by atoms with E-state index in [1.165, 1.54) is 0 Å². The summed E-state index contributed by atoms with van der Waals surface area (Å²) >= 11 is 0. The second-order valence-electron chi connectivity index (χ2n) is 4.90. The molecule has 1 aromatic carbocycles. The molecule has 0 aromatic heterocycles. The van der Waals surface area contributed by atoms with Gasteiger partial charge < -0.3 is 14.8 Å². The molecule has 4 nitrogen and oxygen atoms in total. The Morgan fingerprint density at radius 2 is 1.94 bits per heavy atom. The number of alkyl carbamates (subject to hydrolysis) is 1. The van der Waals surface area contributed by atoms with Crippen molar-refractivity contribution in [1.82, 2.24) is 5.32 Å². The minimum Gasteiger partial charge on any atom is -0.488 e. The van der Waals surface area contributed by atoms with E-state index in [-0.39, 0.29) is 5.60 Å². The molecular weight excluding hydrogens is 230 g/mol. The van der Waals surface area contributed by atoms with Crippen LogP contribution >= 0.6 is 0 Å². The first-order valence-electron chi connectivity index (χ1n) is 6.10. The largest absolute Gasteiger partial charge is 0.488 e. The lowest BCUT2D eigenvalue weighted by atomic mass is 10.1. The van der Waals surface area contributed by atoms with Crippen LogP contribution in [0.15, 0.2) is 24.3 Å². The highest BCUT2D eigenvalue weighted by molar-refractivity contribution is 5.67. The lowest BCUT2D eigenvalue weighted by Crippen LogP contribution is -2.26. The third-order valence-corrected chi connectivity index (χ3v) is 2.09. The predicted molar refractivity (Wildman–Crippen MR) is 70.7 cm³/mol. The number of nitrogens with one attached hydrogen (secondary N) is 1. The Hall–Kier alpha value is -1.71. The summed E-state index contributed by atoms with van der Waals surface area (Å²) < 4.78 is 10.6. The number of carbonyl (C=O) groups is 1. The van der Waals surface area contributed by atoms with Crippen molar-refractivity contribution in [3.8, 4) is 5.75 Å². The number of carbonyl (C=O) groups excluding carboxylic acids is 1. The topological polar surface area (TPSA) is 47.6 Å². The lowest BCUT2D eigenvalue weighted by Gasteiger charge is -2.23. The van der Waals surface area contributed by atoms with E-state index >= 15 is 0 Å². The molecule has 0 bridgehead atoms. The zero-order valence-corrected chi connectivity index (χ0v) is 11.4. The van der Waals surface area contributed by atoms with Crippen LogP contribution in [-0.4, -0.2) is 18.3 Å². The number of hydrogen-bond donors (Lipinski definition) is 1. The molecule has 18 heavy (non-hydrogen) atoms. The summed E-state index contributed by atoms with van der Waals surface area (Å²) in [7, 11) is 0. The molecule has 0 radical (unpaired) electrons. The van der Waals surface area contributed by atoms with Crippen molar-refractivity contribution >= 4 is 6.09 Å². The van der Waals surface area contributed by atoms with Gasteiger partial charge in [-0.1, -0.05) is 18.2 Å². The standard InChI is InChI=1S/C14H21NO3/c1-5-17-13(16)15-10-11-8-6-7-9-12(11)18-14(2,3)4/h6-9H,5,10H2,1-4H3,(H,15,16). The van der Waals surface area contributed by atoms with Crippen molar-refractivity contribution < 1.29 is 14.3 Å². The molecule has 0 fully saturated rings. The Bertz CT molecular complexity index is 396. The Morgan fingerprint density at radius 3 is 2.56 bits per heavy atom. The maximum atomic E-state index is 11.2. The summed E-state index contributed by atoms with van der Waals surface area (Å²) in [6.07, 6.45) is -0.414. The predicted octanol–water partition coefficient (Wildman–Crippen LogP) is 3.11. The fourth-order valence-electron chi connectivity index (χ4n) is 1.43. The summed E-state index contributed by atoms with van der Waals surface area (Å²) in [5.41, 5.74) is 0.667. The maximum absolute atomic E-state index is 11.2. The Balaban J connectivity index is 2.67. The first-order chi connectivity index (χ1) is 8.42. The summed E-state index contributed by atoms with van der Waals surface area (Å²) in [6, 6.07) is 7.65. The summed E-state index contributed by atoms with van der Waals surface area (Å²) in [6.45, 7) is 8.50. The molecule has 0 saturated heterocycles. The van der Waals surface area contributed by atoms with Crippen LogP contribution in [-0.2, 0) is 11.3 Å². The van der Waals surface area contributed by atoms with Crippen molar-refractivity contribution in [2.45, 2.75) is 39.8 Å². The SMILES string of the molecule is CCOC(=O)NCc1ccccc1OC(C)(C)C. The van der Waals surface area contributed by atoms with E-state index < -0.39 is 6.09 Å². The third kappa shape index (κ3) is 5.08. The number of ether oxygens (including phenoxy) is 2. The van der Waals surface area contributed by atoms with E-state index in [1.807, 2.05) is 45.0 Å². The van der Waals surface area contributed by atoms with Gasteiger partial charge in [0.1, 0.15) is 11.4 Å². The van der Waals surface area contributed by atoms with E-state index in [1.54, 1.807) is 6.92 Å². The van der Waals surface area contributed by atoms with Gasteiger partial charge in [-0.05, 0) is 33.8 Å². The lowest BCUT2D eigenvalue weighted by molar-refractivity contribution is 0.128. The molecule has 0 atom stereocenters. The van der Waals surface area contributed by atoms with Crippen LogP contribution in [0.2, 0.25) is 0 Å². The number of hydrogen-bond acceptors (Lipinski definition) is 3. The normalized spacial score (nSPS) is 10.9. The molecule has 0 aliphatic rings. The quantitative estimate of drug-likeness (QED) is 0.894. The molecule has 100 valence electrons. The van der Waals surface area contributed by atoms with Gasteiger partial charge in [0.15, 0.2) is 0 Å². The van der Waals surface area contributed by atoms with Crippen molar-refractivity contribution in [3.05, 3.63) is 29.8 Å². The second kappa shape index (κ2) is 6.28. The summed E-state index contributed by atoms with van der Waals surface area (Å²) in [5, 5.41) is 2.68. The van der Waals surface area contributed by atoms with Crippen molar-refractivity contribution in [2.75, 3.05) is 6.61 Å². The van der Waals surface area contributed by atoms with Crippen LogP contribution < -0.4 is 10.1 Å². The van der Waals surface area contributed by atoms with Gasteiger partial charge in [0.25, 0.3) is 0 Å². The Morgan fingerprint density at radius 1 is 1.28 bits per heavy atom. The molecule has 0 spiro atoms. The first kappa shape index (κ1) is 14.4. The molecular formula is C14H21NO3. The molecule has 0 aliphatic carbocycles. The van der Waals surface area contributed by atoms with Gasteiger partial charge in [0, 0.05) is 12.1 Å². The zero-order chi connectivity index (χ0) is 13.6. The monoisotopic (exact) mass is 251 g/mol. The van der Waals surface area contributed by atoms with Gasteiger partial charge in [0.05, 0.1) is 6.61 Å². The summed E-state index contributed by atoms with van der Waals surface area (Å²) in [5.74, 6) is 0.779.